The van der Waals surface area contributed by atoms with Crippen molar-refractivity contribution in [1.29, 1.82) is 0 Å². The van der Waals surface area contributed by atoms with Crippen LogP contribution in [0.5, 0.6) is 23.0 Å². The molecule has 1 aromatic heterocycles. The van der Waals surface area contributed by atoms with E-state index >= 15 is 4.39 Å². The summed E-state index contributed by atoms with van der Waals surface area (Å²) in [6, 6.07) is 14.3. The molecule has 3 atom stereocenters. The predicted octanol–water partition coefficient (Wildman–Crippen LogP) is 5.75. The molecule has 1 saturated heterocycles. The average Bonchev–Trinajstić information content (AvgIpc) is 3.65. The van der Waals surface area contributed by atoms with Crippen LogP contribution < -0.4 is 24.8 Å². The SMILES string of the molecule is COc1cc2c(Oc3ccc(N(C(=O)[C@@]4(C(N)=O)[C@H](C)[C@@H]4C)c4ccc(F)cc4)cc3F)ccnc2cc1OCCCN1CCN(C)CC1. The number of aromatic nitrogens is 1. The van der Waals surface area contributed by atoms with Crippen LogP contribution >= 0.6 is 0 Å². The zero-order chi connectivity index (χ0) is 34.9. The van der Waals surface area contributed by atoms with Crippen LogP contribution in [0, 0.1) is 28.9 Å². The lowest BCUT2D eigenvalue weighted by Crippen LogP contribution is -2.44. The molecule has 2 fully saturated rings. The summed E-state index contributed by atoms with van der Waals surface area (Å²) >= 11 is 0. The van der Waals surface area contributed by atoms with Crippen LogP contribution in [0.15, 0.2) is 66.9 Å². The van der Waals surface area contributed by atoms with E-state index in [0.29, 0.717) is 34.8 Å². The van der Waals surface area contributed by atoms with E-state index in [2.05, 4.69) is 21.8 Å². The van der Waals surface area contributed by atoms with E-state index in [1.807, 2.05) is 0 Å². The van der Waals surface area contributed by atoms with Gasteiger partial charge in [-0.2, -0.15) is 0 Å². The highest BCUT2D eigenvalue weighted by molar-refractivity contribution is 6.17. The van der Waals surface area contributed by atoms with Gasteiger partial charge in [-0.05, 0) is 73.8 Å². The number of rotatable bonds is 12. The molecule has 1 aliphatic carbocycles. The van der Waals surface area contributed by atoms with Gasteiger partial charge in [-0.25, -0.2) is 8.78 Å². The minimum absolute atomic E-state index is 0.108. The van der Waals surface area contributed by atoms with Crippen LogP contribution in [0.25, 0.3) is 10.9 Å². The topological polar surface area (TPSA) is 110 Å². The maximum atomic E-state index is 15.8. The van der Waals surface area contributed by atoms with Crippen LogP contribution in [0.4, 0.5) is 20.2 Å². The summed E-state index contributed by atoms with van der Waals surface area (Å²) in [5, 5.41) is 0.579. The number of amides is 2. The molecule has 49 heavy (non-hydrogen) atoms. The number of carbonyl (C=O) groups is 2. The number of pyridine rings is 1. The second kappa shape index (κ2) is 14.0. The van der Waals surface area contributed by atoms with Gasteiger partial charge in [0.15, 0.2) is 23.1 Å². The van der Waals surface area contributed by atoms with E-state index in [0.717, 1.165) is 45.2 Å². The number of hydrogen-bond acceptors (Lipinski definition) is 8. The molecule has 0 unspecified atom stereocenters. The second-order valence-corrected chi connectivity index (χ2v) is 12.8. The zero-order valence-electron chi connectivity index (χ0n) is 28.1. The van der Waals surface area contributed by atoms with E-state index in [1.165, 1.54) is 41.3 Å². The maximum Gasteiger partial charge on any atom is 0.247 e. The van der Waals surface area contributed by atoms with Gasteiger partial charge in [0.25, 0.3) is 0 Å². The molecule has 12 heteroatoms. The van der Waals surface area contributed by atoms with Gasteiger partial charge in [0.05, 0.1) is 24.9 Å². The van der Waals surface area contributed by atoms with Gasteiger partial charge in [0.2, 0.25) is 11.8 Å². The fourth-order valence-corrected chi connectivity index (χ4v) is 6.74. The van der Waals surface area contributed by atoms with E-state index in [-0.39, 0.29) is 29.0 Å². The van der Waals surface area contributed by atoms with Crippen LogP contribution in [0.3, 0.4) is 0 Å². The first-order chi connectivity index (χ1) is 23.5. The van der Waals surface area contributed by atoms with Crippen molar-refractivity contribution in [1.82, 2.24) is 14.8 Å². The molecule has 0 bridgehead atoms. The number of methoxy groups -OCH3 is 1. The molecular formula is C37H41F2N5O5. The number of ether oxygens (including phenoxy) is 3. The van der Waals surface area contributed by atoms with E-state index in [9.17, 15) is 14.0 Å². The monoisotopic (exact) mass is 673 g/mol. The molecule has 3 aromatic carbocycles. The van der Waals surface area contributed by atoms with Crippen LogP contribution in [-0.2, 0) is 9.59 Å². The first kappa shape index (κ1) is 34.1. The summed E-state index contributed by atoms with van der Waals surface area (Å²) in [4.78, 5) is 37.0. The van der Waals surface area contributed by atoms with Crippen molar-refractivity contribution in [3.8, 4) is 23.0 Å². The summed E-state index contributed by atoms with van der Waals surface area (Å²) in [7, 11) is 3.68. The normalized spacial score (nSPS) is 20.9. The Morgan fingerprint density at radius 1 is 0.918 bits per heavy atom. The van der Waals surface area contributed by atoms with Gasteiger partial charge in [-0.1, -0.05) is 13.8 Å². The first-order valence-electron chi connectivity index (χ1n) is 16.4. The highest BCUT2D eigenvalue weighted by Crippen LogP contribution is 2.60. The number of piperazine rings is 1. The van der Waals surface area contributed by atoms with Gasteiger partial charge in [0.1, 0.15) is 17.0 Å². The predicted molar refractivity (Wildman–Crippen MR) is 182 cm³/mol. The Morgan fingerprint density at radius 2 is 1.61 bits per heavy atom. The van der Waals surface area contributed by atoms with Crippen molar-refractivity contribution in [2.75, 3.05) is 58.4 Å². The largest absolute Gasteiger partial charge is 0.493 e. The Bertz CT molecular complexity index is 1840. The lowest BCUT2D eigenvalue weighted by Gasteiger charge is -2.32. The zero-order valence-corrected chi connectivity index (χ0v) is 28.1. The number of carbonyl (C=O) groups excluding carboxylic acids is 2. The molecule has 1 saturated carbocycles. The smallest absolute Gasteiger partial charge is 0.247 e. The number of halogens is 2. The van der Waals surface area contributed by atoms with Crippen LogP contribution in [0.1, 0.15) is 20.3 Å². The minimum atomic E-state index is -1.47. The number of nitrogens with zero attached hydrogens (tertiary/aromatic N) is 4. The summed E-state index contributed by atoms with van der Waals surface area (Å²) < 4.78 is 47.4. The van der Waals surface area contributed by atoms with Crippen LogP contribution in [-0.4, -0.2) is 80.1 Å². The Balaban J connectivity index is 1.23. The lowest BCUT2D eigenvalue weighted by atomic mass is 9.98. The summed E-state index contributed by atoms with van der Waals surface area (Å²) in [5.74, 6) is -2.03. The molecule has 258 valence electrons. The number of likely N-dealkylation sites (N-methyl/N-ethyl adjacent to an activating group) is 1. The molecule has 2 amide bonds. The van der Waals surface area contributed by atoms with Crippen molar-refractivity contribution in [2.24, 2.45) is 23.0 Å². The molecule has 2 N–H and O–H groups in total. The molecule has 1 aliphatic heterocycles. The standard InChI is InChI=1S/C37H41F2N5O5/c1-23-24(2)37(23,35(40)45)36(46)44(26-8-6-25(38)7-9-26)27-10-11-32(29(39)20-27)49-31-12-13-41-30-22-34(33(47-4)21-28(30)31)48-19-5-14-43-17-15-42(3)16-18-43/h6-13,20-24H,5,14-19H2,1-4H3,(H2,40,45)/t23-,24+,37+. The number of nitrogens with two attached hydrogens (primary N) is 1. The summed E-state index contributed by atoms with van der Waals surface area (Å²) in [6.45, 7) is 9.22. The van der Waals surface area contributed by atoms with E-state index in [1.54, 1.807) is 45.4 Å². The van der Waals surface area contributed by atoms with E-state index in [4.69, 9.17) is 19.9 Å². The van der Waals surface area contributed by atoms with Gasteiger partial charge in [-0.15, -0.1) is 0 Å². The molecule has 6 rings (SSSR count). The molecule has 0 spiro atoms. The number of anilines is 2. The van der Waals surface area contributed by atoms with Crippen molar-refractivity contribution < 1.29 is 32.6 Å². The fourth-order valence-electron chi connectivity index (χ4n) is 6.74. The second-order valence-electron chi connectivity index (χ2n) is 12.8. The molecule has 0 radical (unpaired) electrons. The Morgan fingerprint density at radius 3 is 2.24 bits per heavy atom. The fraction of sp³-hybridized carbons (Fsp3) is 0.378. The van der Waals surface area contributed by atoms with Crippen molar-refractivity contribution >= 4 is 34.1 Å². The van der Waals surface area contributed by atoms with Crippen molar-refractivity contribution in [3.05, 3.63) is 78.5 Å². The van der Waals surface area contributed by atoms with Crippen molar-refractivity contribution in [3.63, 3.8) is 0 Å². The van der Waals surface area contributed by atoms with Crippen LogP contribution in [0.2, 0.25) is 0 Å². The molecule has 4 aromatic rings. The average molecular weight is 674 g/mol. The van der Waals surface area contributed by atoms with Crippen molar-refractivity contribution in [2.45, 2.75) is 20.3 Å². The molecule has 2 aliphatic rings. The third-order valence-corrected chi connectivity index (χ3v) is 9.98. The number of primary amides is 1. The molecule has 10 nitrogen and oxygen atoms in total. The molecular weight excluding hydrogens is 632 g/mol. The maximum absolute atomic E-state index is 15.8. The summed E-state index contributed by atoms with van der Waals surface area (Å²) in [5.41, 5.74) is 5.23. The first-order valence-corrected chi connectivity index (χ1v) is 16.4. The van der Waals surface area contributed by atoms with Gasteiger partial charge in [-0.3, -0.25) is 19.5 Å². The Hall–Kier alpha value is -4.81. The Kier molecular flexibility index (Phi) is 9.71. The third kappa shape index (κ3) is 6.62. The third-order valence-electron chi connectivity index (χ3n) is 9.98. The molecule has 2 heterocycles. The van der Waals surface area contributed by atoms with E-state index < -0.39 is 28.9 Å². The van der Waals surface area contributed by atoms with Gasteiger partial charge < -0.3 is 29.7 Å². The van der Waals surface area contributed by atoms with Gasteiger partial charge >= 0.3 is 0 Å². The minimum Gasteiger partial charge on any atom is -0.493 e. The number of fused-ring (bicyclic) bond motifs is 1. The lowest BCUT2D eigenvalue weighted by molar-refractivity contribution is -0.134. The highest BCUT2D eigenvalue weighted by atomic mass is 19.1. The quantitative estimate of drug-likeness (QED) is 0.150. The van der Waals surface area contributed by atoms with Gasteiger partial charge in [0, 0.05) is 62.1 Å². The summed E-state index contributed by atoms with van der Waals surface area (Å²) in [6.07, 6.45) is 2.42. The number of benzene rings is 3. The Labute approximate surface area is 284 Å². The highest BCUT2D eigenvalue weighted by Gasteiger charge is 2.70. The number of hydrogen-bond donors (Lipinski definition) is 1.